The molecule has 0 aliphatic carbocycles. The third kappa shape index (κ3) is 8.83. The summed E-state index contributed by atoms with van der Waals surface area (Å²) in [6.45, 7) is 6.73. The number of hydrogen-bond donors (Lipinski definition) is 3. The van der Waals surface area contributed by atoms with Crippen molar-refractivity contribution in [2.75, 3.05) is 25.5 Å². The molecule has 1 aliphatic heterocycles. The number of ketones is 1. The molecule has 1 aliphatic rings. The number of rotatable bonds is 12. The van der Waals surface area contributed by atoms with Gasteiger partial charge in [-0.15, -0.1) is 6.58 Å². The lowest BCUT2D eigenvalue weighted by molar-refractivity contribution is -0.252. The molecule has 3 N–H and O–H groups in total. The summed E-state index contributed by atoms with van der Waals surface area (Å²) >= 11 is 0. The first kappa shape index (κ1) is 30.1. The van der Waals surface area contributed by atoms with E-state index in [9.17, 15) is 14.7 Å². The average Bonchev–Trinajstić information content (AvgIpc) is 2.97. The van der Waals surface area contributed by atoms with Gasteiger partial charge in [0, 0.05) is 30.8 Å². The maximum absolute atomic E-state index is 12.9. The van der Waals surface area contributed by atoms with Crippen LogP contribution in [-0.4, -0.2) is 54.1 Å². The average molecular weight is 558 g/mol. The fourth-order valence-corrected chi connectivity index (χ4v) is 4.91. The highest BCUT2D eigenvalue weighted by Crippen LogP contribution is 2.38. The number of Topliss-reactive ketones (excluding diaryl/α,β-unsaturated/α-hetero) is 1. The van der Waals surface area contributed by atoms with E-state index in [-0.39, 0.29) is 24.6 Å². The van der Waals surface area contributed by atoms with Crippen molar-refractivity contribution in [3.63, 3.8) is 0 Å². The largest absolute Gasteiger partial charge is 0.392 e. The number of amides is 2. The molecule has 0 bridgehead atoms. The van der Waals surface area contributed by atoms with Gasteiger partial charge in [-0.2, -0.15) is 0 Å². The molecular formula is C33H39N3O5. The third-order valence-corrected chi connectivity index (χ3v) is 7.07. The van der Waals surface area contributed by atoms with Crippen LogP contribution in [0.2, 0.25) is 0 Å². The summed E-state index contributed by atoms with van der Waals surface area (Å²) in [4.78, 5) is 27.2. The second-order valence-electron chi connectivity index (χ2n) is 10.4. The Morgan fingerprint density at radius 3 is 2.46 bits per heavy atom. The number of aliphatic hydroxyl groups is 1. The number of aliphatic hydroxyl groups excluding tert-OH is 1. The van der Waals surface area contributed by atoms with Gasteiger partial charge >= 0.3 is 6.03 Å². The maximum atomic E-state index is 12.9. The van der Waals surface area contributed by atoms with Gasteiger partial charge in [-0.3, -0.25) is 4.79 Å². The molecule has 3 aromatic carbocycles. The Morgan fingerprint density at radius 2 is 1.78 bits per heavy atom. The van der Waals surface area contributed by atoms with Gasteiger partial charge in [0.1, 0.15) is 0 Å². The van der Waals surface area contributed by atoms with E-state index in [4.69, 9.17) is 9.47 Å². The molecule has 8 nitrogen and oxygen atoms in total. The molecule has 0 spiro atoms. The van der Waals surface area contributed by atoms with Gasteiger partial charge < -0.3 is 30.1 Å². The molecule has 0 saturated carbocycles. The van der Waals surface area contributed by atoms with Crippen LogP contribution in [0.25, 0.3) is 0 Å². The monoisotopic (exact) mass is 557 g/mol. The molecule has 41 heavy (non-hydrogen) atoms. The molecule has 4 atom stereocenters. The molecule has 4 rings (SSSR count). The predicted octanol–water partition coefficient (Wildman–Crippen LogP) is 5.16. The van der Waals surface area contributed by atoms with E-state index in [1.165, 1.54) is 6.92 Å². The summed E-state index contributed by atoms with van der Waals surface area (Å²) < 4.78 is 12.8. The van der Waals surface area contributed by atoms with Crippen LogP contribution in [-0.2, 0) is 27.3 Å². The predicted molar refractivity (Wildman–Crippen MR) is 159 cm³/mol. The van der Waals surface area contributed by atoms with Gasteiger partial charge in [0.15, 0.2) is 12.1 Å². The standard InChI is InChI=1S/C33H39N3O5/c1-4-17-36(3)21-29-20-31(26-15-13-25(22-37)14-16-26)41-32(40-29)27-11-8-12-28(19-27)34-33(39)35-30(23(2)38)18-24-9-6-5-7-10-24/h4-16,19,29-32,37H,1,17-18,20-22H2,2-3H3,(H2,34,35,39). The second-order valence-corrected chi connectivity index (χ2v) is 10.4. The van der Waals surface area contributed by atoms with E-state index >= 15 is 0 Å². The van der Waals surface area contributed by atoms with Gasteiger partial charge in [-0.1, -0.05) is 72.8 Å². The fourth-order valence-electron chi connectivity index (χ4n) is 4.91. The van der Waals surface area contributed by atoms with Gasteiger partial charge in [0.25, 0.3) is 0 Å². The topological polar surface area (TPSA) is 100 Å². The fraction of sp³-hybridized carbons (Fsp3) is 0.333. The Bertz CT molecular complexity index is 1300. The number of nitrogens with zero attached hydrogens (tertiary/aromatic N) is 1. The molecule has 2 amide bonds. The number of carbonyl (C=O) groups excluding carboxylic acids is 2. The smallest absolute Gasteiger partial charge is 0.319 e. The number of carbonyl (C=O) groups is 2. The Morgan fingerprint density at radius 1 is 1.02 bits per heavy atom. The third-order valence-electron chi connectivity index (χ3n) is 7.07. The van der Waals surface area contributed by atoms with E-state index in [0.717, 1.165) is 28.8 Å². The number of nitrogens with one attached hydrogen (secondary N) is 2. The zero-order chi connectivity index (χ0) is 29.2. The van der Waals surface area contributed by atoms with Crippen LogP contribution < -0.4 is 10.6 Å². The van der Waals surface area contributed by atoms with Crippen LogP contribution in [0.15, 0.2) is 91.5 Å². The lowest BCUT2D eigenvalue weighted by Gasteiger charge is -2.37. The summed E-state index contributed by atoms with van der Waals surface area (Å²) in [6.07, 6.45) is 1.98. The van der Waals surface area contributed by atoms with Crippen LogP contribution in [0.3, 0.4) is 0 Å². The van der Waals surface area contributed by atoms with Crippen LogP contribution in [0.1, 0.15) is 48.0 Å². The number of hydrogen-bond acceptors (Lipinski definition) is 6. The number of urea groups is 1. The van der Waals surface area contributed by atoms with Gasteiger partial charge in [-0.05, 0) is 49.2 Å². The van der Waals surface area contributed by atoms with Gasteiger partial charge in [0.05, 0.1) is 24.9 Å². The van der Waals surface area contributed by atoms with Crippen molar-refractivity contribution in [3.8, 4) is 0 Å². The van der Waals surface area contributed by atoms with Crippen LogP contribution >= 0.6 is 0 Å². The highest BCUT2D eigenvalue weighted by molar-refractivity contribution is 5.93. The Hall–Kier alpha value is -3.82. The Kier molecular flexibility index (Phi) is 10.8. The van der Waals surface area contributed by atoms with E-state index in [1.54, 1.807) is 6.07 Å². The molecule has 8 heteroatoms. The summed E-state index contributed by atoms with van der Waals surface area (Å²) in [5.41, 5.74) is 4.14. The summed E-state index contributed by atoms with van der Waals surface area (Å²) in [5, 5.41) is 15.1. The number of anilines is 1. The minimum Gasteiger partial charge on any atom is -0.392 e. The molecule has 1 saturated heterocycles. The van der Waals surface area contributed by atoms with Crippen molar-refractivity contribution in [3.05, 3.63) is 114 Å². The zero-order valence-corrected chi connectivity index (χ0v) is 23.7. The van der Waals surface area contributed by atoms with Crippen LogP contribution in [0.4, 0.5) is 10.5 Å². The normalized spacial score (nSPS) is 19.4. The minimum atomic E-state index is -0.652. The molecular weight excluding hydrogens is 518 g/mol. The van der Waals surface area contributed by atoms with Crippen molar-refractivity contribution in [2.45, 2.75) is 50.9 Å². The molecule has 4 unspecified atom stereocenters. The molecule has 1 fully saturated rings. The zero-order valence-electron chi connectivity index (χ0n) is 23.7. The van der Waals surface area contributed by atoms with Crippen molar-refractivity contribution in [1.29, 1.82) is 0 Å². The van der Waals surface area contributed by atoms with E-state index in [1.807, 2.05) is 85.9 Å². The number of benzene rings is 3. The second kappa shape index (κ2) is 14.7. The molecule has 3 aromatic rings. The van der Waals surface area contributed by atoms with Crippen molar-refractivity contribution < 1.29 is 24.2 Å². The highest BCUT2D eigenvalue weighted by Gasteiger charge is 2.33. The van der Waals surface area contributed by atoms with Crippen LogP contribution in [0.5, 0.6) is 0 Å². The molecule has 1 heterocycles. The summed E-state index contributed by atoms with van der Waals surface area (Å²) in [5.74, 6) is -0.118. The van der Waals surface area contributed by atoms with E-state index < -0.39 is 18.4 Å². The molecule has 0 aromatic heterocycles. The lowest BCUT2D eigenvalue weighted by Crippen LogP contribution is -2.43. The molecule has 0 radical (unpaired) electrons. The summed E-state index contributed by atoms with van der Waals surface area (Å²) in [6, 6.07) is 23.6. The maximum Gasteiger partial charge on any atom is 0.319 e. The first-order valence-corrected chi connectivity index (χ1v) is 13.9. The van der Waals surface area contributed by atoms with E-state index in [0.29, 0.717) is 25.1 Å². The number of ether oxygens (including phenoxy) is 2. The van der Waals surface area contributed by atoms with Gasteiger partial charge in [-0.25, -0.2) is 4.79 Å². The first-order chi connectivity index (χ1) is 19.8. The lowest BCUT2D eigenvalue weighted by atomic mass is 9.99. The van der Waals surface area contributed by atoms with Crippen molar-refractivity contribution in [1.82, 2.24) is 10.2 Å². The molecule has 216 valence electrons. The highest BCUT2D eigenvalue weighted by atomic mass is 16.7. The van der Waals surface area contributed by atoms with Gasteiger partial charge in [0.2, 0.25) is 0 Å². The summed E-state index contributed by atoms with van der Waals surface area (Å²) in [7, 11) is 2.02. The Labute approximate surface area is 242 Å². The van der Waals surface area contributed by atoms with E-state index in [2.05, 4.69) is 22.1 Å². The first-order valence-electron chi connectivity index (χ1n) is 13.9. The van der Waals surface area contributed by atoms with Crippen molar-refractivity contribution in [2.24, 2.45) is 0 Å². The quantitative estimate of drug-likeness (QED) is 0.266. The van der Waals surface area contributed by atoms with Crippen LogP contribution in [0, 0.1) is 0 Å². The SMILES string of the molecule is C=CCN(C)CC1CC(c2ccc(CO)cc2)OC(c2cccc(NC(=O)NC(Cc3ccccc3)C(C)=O)c2)O1. The van der Waals surface area contributed by atoms with Crippen molar-refractivity contribution >= 4 is 17.5 Å². The number of likely N-dealkylation sites (N-methyl/N-ethyl adjacent to an activating group) is 1. The minimum absolute atomic E-state index is 0.0146. The Balaban J connectivity index is 1.47.